The quantitative estimate of drug-likeness (QED) is 0.0325. The van der Waals surface area contributed by atoms with Crippen LogP contribution in [0, 0.1) is 27.7 Å². The minimum atomic E-state index is -0.171. The monoisotopic (exact) mass is 2360 g/mol. The van der Waals surface area contributed by atoms with Crippen molar-refractivity contribution < 1.29 is 82.4 Å². The molecule has 752 valence electrons. The average molecular weight is 2360 g/mol. The lowest BCUT2D eigenvalue weighted by molar-refractivity contribution is -0.679. The smallest absolute Gasteiger partial charge is 0.344 e. The summed E-state index contributed by atoms with van der Waals surface area (Å²) in [6.07, 6.45) is 13.2. The second-order valence-electron chi connectivity index (χ2n) is 32.1. The minimum Gasteiger partial charge on any atom is -1.00 e. The number of aliphatic hydroxyl groups excluding tert-OH is 1. The number of oxazole rings is 2. The molecule has 17 aromatic rings. The number of benzene rings is 10. The maximum absolute atomic E-state index is 13.1. The molecule has 0 saturated heterocycles. The van der Waals surface area contributed by atoms with Crippen molar-refractivity contribution in [2.45, 2.75) is 152 Å². The number of aliphatic hydroxyl groups is 1. The zero-order chi connectivity index (χ0) is 99.7. The van der Waals surface area contributed by atoms with E-state index in [4.69, 9.17) is 23.0 Å². The van der Waals surface area contributed by atoms with Crippen molar-refractivity contribution in [2.75, 3.05) is 49.4 Å². The molecule has 0 spiro atoms. The Morgan fingerprint density at radius 2 is 0.724 bits per heavy atom. The van der Waals surface area contributed by atoms with E-state index in [0.29, 0.717) is 45.8 Å². The number of anilines is 3. The van der Waals surface area contributed by atoms with Crippen molar-refractivity contribution in [2.24, 2.45) is 0 Å². The Bertz CT molecular complexity index is 7420. The molecule has 7 aromatic heterocycles. The number of aryl methyl sites for hydroxylation is 9. The Morgan fingerprint density at radius 1 is 0.379 bits per heavy atom. The van der Waals surface area contributed by atoms with Crippen LogP contribution in [0.1, 0.15) is 128 Å². The van der Waals surface area contributed by atoms with E-state index in [1.807, 2.05) is 232 Å². The van der Waals surface area contributed by atoms with E-state index in [2.05, 4.69) is 255 Å². The molecule has 0 saturated carbocycles. The van der Waals surface area contributed by atoms with E-state index < -0.39 is 0 Å². The van der Waals surface area contributed by atoms with E-state index in [9.17, 15) is 19.5 Å². The van der Waals surface area contributed by atoms with E-state index in [1.54, 1.807) is 69.3 Å². The number of aromatic nitrogens is 7. The van der Waals surface area contributed by atoms with E-state index in [0.717, 1.165) is 160 Å². The fourth-order valence-electron chi connectivity index (χ4n) is 17.1. The molecule has 6 aliphatic rings. The maximum Gasteiger partial charge on any atom is 0.344 e. The maximum atomic E-state index is 13.1. The predicted molar refractivity (Wildman–Crippen MR) is 624 cm³/mol. The summed E-state index contributed by atoms with van der Waals surface area (Å²) in [6, 6.07) is 81.0. The highest BCUT2D eigenvalue weighted by Gasteiger charge is 2.40. The molecule has 145 heavy (non-hydrogen) atoms. The summed E-state index contributed by atoms with van der Waals surface area (Å²) >= 11 is 19.5. The third kappa shape index (κ3) is 25.0. The topological polar surface area (TPSA) is 180 Å². The summed E-state index contributed by atoms with van der Waals surface area (Å²) in [4.78, 5) is 55.3. The van der Waals surface area contributed by atoms with Crippen molar-refractivity contribution >= 4 is 252 Å². The number of carbonyl (C=O) groups is 3. The van der Waals surface area contributed by atoms with Crippen molar-refractivity contribution in [3.63, 3.8) is 0 Å². The van der Waals surface area contributed by atoms with Crippen LogP contribution in [0.25, 0.3) is 91.5 Å². The van der Waals surface area contributed by atoms with Crippen LogP contribution < -0.4 is 68.7 Å². The van der Waals surface area contributed by atoms with Gasteiger partial charge in [-0.25, -0.2) is 9.97 Å². The van der Waals surface area contributed by atoms with Gasteiger partial charge in [-0.15, -0.1) is 35.7 Å². The fraction of sp³-hybridized carbons (Fsp3) is 0.241. The molecule has 19 nitrogen and oxygen atoms in total. The normalized spacial score (nSPS) is 15.0. The van der Waals surface area contributed by atoms with Gasteiger partial charge in [0.25, 0.3) is 20.5 Å². The second-order valence-corrected chi connectivity index (χ2v) is 42.1. The average Bonchev–Trinajstić information content (AvgIpc) is 1.64. The van der Waals surface area contributed by atoms with Crippen LogP contribution in [0.5, 0.6) is 17.2 Å². The molecule has 3 aliphatic heterocycles. The number of allylic oxidation sites excluding steroid dienone is 9. The molecular weight excluding hydrogens is 2240 g/mol. The third-order valence-corrected chi connectivity index (χ3v) is 30.2. The Hall–Kier alpha value is -11.5. The van der Waals surface area contributed by atoms with Gasteiger partial charge in [0, 0.05) is 132 Å². The highest BCUT2D eigenvalue weighted by atomic mass is 127. The summed E-state index contributed by atoms with van der Waals surface area (Å²) < 4.78 is 48.6. The number of para-hydroxylation sites is 15. The second kappa shape index (κ2) is 53.2. The van der Waals surface area contributed by atoms with Crippen molar-refractivity contribution in [3.8, 4) is 17.2 Å². The summed E-state index contributed by atoms with van der Waals surface area (Å²) in [6.45, 7) is 35.8. The number of halogens is 3. The molecule has 10 heterocycles. The first-order valence-electron chi connectivity index (χ1n) is 47.1. The number of nitrogens with zero attached hydrogens (tertiary/aromatic N) is 10. The van der Waals surface area contributed by atoms with Gasteiger partial charge in [0.05, 0.1) is 50.4 Å². The first-order valence-corrected chi connectivity index (χ1v) is 55.9. The van der Waals surface area contributed by atoms with Gasteiger partial charge in [-0.05, 0) is 168 Å². The van der Waals surface area contributed by atoms with Crippen LogP contribution in [0.4, 0.5) is 17.1 Å². The summed E-state index contributed by atoms with van der Waals surface area (Å²) in [5.41, 5.74) is 16.3. The number of thiol groups is 1. The number of carbonyl (C=O) groups excluding carboxylic acids is 3. The van der Waals surface area contributed by atoms with Crippen LogP contribution >= 0.6 is 126 Å². The molecule has 0 unspecified atom stereocenters. The number of hydrogen-bond donors (Lipinski definition) is 2. The molecule has 0 amide bonds. The van der Waals surface area contributed by atoms with Gasteiger partial charge in [0.1, 0.15) is 62.8 Å². The van der Waals surface area contributed by atoms with E-state index >= 15 is 0 Å². The largest absolute Gasteiger partial charge is 1.00 e. The Labute approximate surface area is 918 Å². The van der Waals surface area contributed by atoms with Crippen LogP contribution in [-0.2, 0) is 47.1 Å². The molecule has 0 radical (unpaired) electrons. The molecular formula is C116H125BrI2N10O9S7+4. The summed E-state index contributed by atoms with van der Waals surface area (Å²) in [5.74, 6) is 5.94. The Kier molecular flexibility index (Phi) is 41.8. The van der Waals surface area contributed by atoms with Crippen LogP contribution in [-0.4, -0.2) is 67.2 Å². The number of Topliss-reactive ketones (excluding diaryl/α,β-unsaturated/α-hetero) is 3. The molecule has 23 rings (SSSR count). The first-order chi connectivity index (χ1) is 68.6. The number of rotatable bonds is 15. The van der Waals surface area contributed by atoms with Crippen LogP contribution in [0.15, 0.2) is 336 Å². The lowest BCUT2D eigenvalue weighted by Crippen LogP contribution is -3.00. The molecule has 29 heteroatoms. The molecule has 3 aliphatic carbocycles. The van der Waals surface area contributed by atoms with Gasteiger partial charge in [0.2, 0.25) is 56.1 Å². The summed E-state index contributed by atoms with van der Waals surface area (Å²) in [7, 11) is 0. The highest BCUT2D eigenvalue weighted by molar-refractivity contribution is 14.1. The Morgan fingerprint density at radius 3 is 1.14 bits per heavy atom. The molecule has 0 atom stereocenters. The van der Waals surface area contributed by atoms with Gasteiger partial charge in [-0.1, -0.05) is 248 Å². The number of hydrogen-bond acceptors (Lipinski definition) is 21. The lowest BCUT2D eigenvalue weighted by atomic mass is 9.87. The Balaban J connectivity index is 0.000000166. The van der Waals surface area contributed by atoms with Gasteiger partial charge < -0.3 is 59.8 Å². The number of thioether (sulfide) groups is 1. The number of alkyl halides is 2. The van der Waals surface area contributed by atoms with E-state index in [-0.39, 0.29) is 67.9 Å². The van der Waals surface area contributed by atoms with Crippen molar-refractivity contribution in [1.82, 2.24) is 9.97 Å². The van der Waals surface area contributed by atoms with Crippen LogP contribution in [0.3, 0.4) is 0 Å². The van der Waals surface area contributed by atoms with Crippen LogP contribution in [0.2, 0.25) is 0 Å². The number of fused-ring (bicyclic) bond motifs is 10. The number of ketones is 3. The SMILES string of the molecule is C.C.C.CCI.CCI.CCN1/C(=C\C2=C(O)C(=C\c3sc4ccccc4[n+]3CC)/C2=O)Oc2ccccc21.CCN1/C(=C\C2=C(S)C(=C\c3sc4ccccc4[n+]3CC)/C2=O)Oc2ccccc21.CCN1/C(=C\C2=C(SC)C(=C\c3sc4ccccc4[n+]3CC)/C2=O)Oc2ccccc21.CC[n+]1c(C)oc2ccccc21.CC[n+]1c(C)sc2ccccc21.Cc1nc2ccccc2o1.Cc1nc2ccccc2s1.[Br-]. The molecule has 0 bridgehead atoms. The number of thiazole rings is 5. The van der Waals surface area contributed by atoms with Crippen molar-refractivity contribution in [1.29, 1.82) is 0 Å². The zero-order valence-corrected chi connectivity index (χ0v) is 93.5. The van der Waals surface area contributed by atoms with Gasteiger partial charge >= 0.3 is 5.89 Å². The van der Waals surface area contributed by atoms with E-state index in [1.165, 1.54) is 54.7 Å². The highest BCUT2D eigenvalue weighted by Crippen LogP contribution is 2.47. The van der Waals surface area contributed by atoms with Crippen molar-refractivity contribution in [3.05, 3.63) is 364 Å². The molecule has 0 fully saturated rings. The third-order valence-electron chi connectivity index (χ3n) is 23.5. The standard InChI is InChI=1S/C25H23N2O2S2.C24H20N2O3S.C24H20N2O2S2.C10H12NO.C10H12NS.C8H7NO.C8H7NS.2C2H5I.3CH4.BrH/c1-4-26-18-10-6-8-12-20(18)29-22(26)14-16-24(28)17(25(16)30-3)15-23-27(5-2)19-11-7-9-13-21(19)31-23;1-3-25-17-9-5-7-11-19(17)29-21(25)13-15-23(27)16(24(15)28)14-22-26(4-2)18-10-6-8-12-20(18)30-22;1-3-25-17-9-5-7-11-19(17)28-21(25)13-15-23(27)16(24(15)29)14-22-26(4-2)18-10-6-8-12-20(18)30-22;2*1-3-11-8(2)12-10-7-5-4-6-9(10)11;2*1-6-9-7-4-2-3-5-8(7)10-6;2*1-2-3;;;;/h6-15H,4-5H2,1-3H3;2*5-14H,3-4H2,1-2H3;2*4-7H,3H2,1-2H3;2*2-5H,1H3;2*2H2,1H3;3*1H4;1H/q+1;;;2*+1;;;;;;;;/p+1. The first kappa shape index (κ1) is 114. The predicted octanol–water partition coefficient (Wildman–Crippen LogP) is 26.5. The van der Waals surface area contributed by atoms with Gasteiger partial charge in [0.15, 0.2) is 40.3 Å². The number of ether oxygens (including phenoxy) is 3. The molecule has 10 aromatic carbocycles. The zero-order valence-electron chi connectivity index (χ0n) is 81.8. The summed E-state index contributed by atoms with van der Waals surface area (Å²) in [5, 5.41) is 16.3. The fourth-order valence-corrected chi connectivity index (χ4v) is 23.6. The lowest BCUT2D eigenvalue weighted by Gasteiger charge is -2.23. The van der Waals surface area contributed by atoms with Gasteiger partial charge in [-0.3, -0.25) is 14.4 Å². The minimum absolute atomic E-state index is 0. The van der Waals surface area contributed by atoms with Gasteiger partial charge in [-0.2, -0.15) is 22.8 Å². The molecule has 1 N–H and O–H groups in total.